The van der Waals surface area contributed by atoms with Crippen molar-refractivity contribution in [1.82, 2.24) is 9.97 Å². The number of amides is 2. The van der Waals surface area contributed by atoms with Crippen LogP contribution < -0.4 is 19.9 Å². The number of alkyl halides is 3. The average molecular weight is 542 g/mol. The summed E-state index contributed by atoms with van der Waals surface area (Å²) < 4.78 is 45.9. The number of aryl methyl sites for hydroxylation is 1. The van der Waals surface area contributed by atoms with Crippen LogP contribution in [0.1, 0.15) is 30.9 Å². The van der Waals surface area contributed by atoms with Crippen molar-refractivity contribution in [3.63, 3.8) is 0 Å². The number of piperidine rings is 1. The second-order valence-electron chi connectivity index (χ2n) is 10.1. The minimum atomic E-state index is -4.48. The number of ether oxygens (including phenoxy) is 1. The fourth-order valence-corrected chi connectivity index (χ4v) is 4.98. The fourth-order valence-electron chi connectivity index (χ4n) is 4.98. The number of aromatic nitrogens is 2. The number of nitrogens with zero attached hydrogens (tertiary/aromatic N) is 4. The van der Waals surface area contributed by atoms with Crippen LogP contribution in [-0.2, 0) is 6.18 Å². The molecule has 1 aromatic carbocycles. The molecule has 2 aliphatic heterocycles. The van der Waals surface area contributed by atoms with E-state index in [1.807, 2.05) is 19.9 Å². The summed E-state index contributed by atoms with van der Waals surface area (Å²) in [6.45, 7) is 5.39. The van der Waals surface area contributed by atoms with Crippen LogP contribution in [0.4, 0.5) is 35.2 Å². The molecule has 3 aromatic rings. The molecule has 2 aliphatic rings. The average Bonchev–Trinajstić information content (AvgIpc) is 2.92. The zero-order chi connectivity index (χ0) is 27.7. The molecule has 0 unspecified atom stereocenters. The second kappa shape index (κ2) is 10.7. The fraction of sp³-hybridized carbons (Fsp3) is 0.393. The maximum atomic E-state index is 13.7. The van der Waals surface area contributed by atoms with E-state index in [0.717, 1.165) is 42.8 Å². The second-order valence-corrected chi connectivity index (χ2v) is 10.1. The molecule has 2 atom stereocenters. The Morgan fingerprint density at radius 3 is 2.85 bits per heavy atom. The van der Waals surface area contributed by atoms with Crippen LogP contribution in [0.3, 0.4) is 0 Å². The number of hydrogen-bond donors (Lipinski definition) is 2. The zero-order valence-corrected chi connectivity index (χ0v) is 21.7. The Hall–Kier alpha value is -3.86. The van der Waals surface area contributed by atoms with E-state index in [1.165, 1.54) is 12.3 Å². The standard InChI is InChI=1S/C28H30F3N5O3/c1-17(15-37)16-39-24-13-21(8-9-32-24)33-27(38)36-22-7-4-10-35(14-22)23-11-18(2)25(34-26(23)36)19-5-3-6-20(12-19)28(29,30)31/h3,5-6,8-9,11-13,17,22,37H,4,7,10,14-16H2,1-2H3,(H,32,33,38)/t17-,22-/m0/s1. The number of aliphatic hydroxyl groups is 1. The number of anilines is 3. The lowest BCUT2D eigenvalue weighted by Crippen LogP contribution is -2.56. The summed E-state index contributed by atoms with van der Waals surface area (Å²) in [7, 11) is 0. The van der Waals surface area contributed by atoms with E-state index < -0.39 is 17.8 Å². The lowest BCUT2D eigenvalue weighted by atomic mass is 9.97. The van der Waals surface area contributed by atoms with Crippen LogP contribution in [-0.4, -0.2) is 53.5 Å². The smallest absolute Gasteiger partial charge is 0.416 e. The van der Waals surface area contributed by atoms with Gasteiger partial charge in [-0.3, -0.25) is 4.90 Å². The van der Waals surface area contributed by atoms with Crippen LogP contribution in [0.5, 0.6) is 5.88 Å². The van der Waals surface area contributed by atoms with Gasteiger partial charge in [-0.25, -0.2) is 14.8 Å². The maximum Gasteiger partial charge on any atom is 0.416 e. The van der Waals surface area contributed by atoms with Gasteiger partial charge in [-0.15, -0.1) is 0 Å². The molecule has 39 heavy (non-hydrogen) atoms. The topological polar surface area (TPSA) is 90.8 Å². The highest BCUT2D eigenvalue weighted by molar-refractivity contribution is 6.04. The molecule has 1 fully saturated rings. The Balaban J connectivity index is 1.48. The minimum Gasteiger partial charge on any atom is -0.477 e. The highest BCUT2D eigenvalue weighted by Crippen LogP contribution is 2.41. The third-order valence-electron chi connectivity index (χ3n) is 7.00. The first-order valence-electron chi connectivity index (χ1n) is 12.9. The number of rotatable bonds is 6. The Morgan fingerprint density at radius 1 is 1.26 bits per heavy atom. The van der Waals surface area contributed by atoms with Gasteiger partial charge in [0, 0.05) is 49.1 Å². The third-order valence-corrected chi connectivity index (χ3v) is 7.00. The van der Waals surface area contributed by atoms with Gasteiger partial charge in [-0.2, -0.15) is 13.2 Å². The normalized spacial score (nSPS) is 17.4. The van der Waals surface area contributed by atoms with E-state index in [4.69, 9.17) is 9.72 Å². The van der Waals surface area contributed by atoms with E-state index in [2.05, 4.69) is 15.2 Å². The first-order chi connectivity index (χ1) is 18.6. The van der Waals surface area contributed by atoms with Crippen molar-refractivity contribution < 1.29 is 27.8 Å². The third kappa shape index (κ3) is 5.63. The summed E-state index contributed by atoms with van der Waals surface area (Å²) in [4.78, 5) is 26.5. The number of halogens is 3. The van der Waals surface area contributed by atoms with Crippen molar-refractivity contribution in [1.29, 1.82) is 0 Å². The molecular weight excluding hydrogens is 511 g/mol. The SMILES string of the molecule is Cc1cc2c(nc1-c1cccc(C(F)(F)F)c1)N(C(=O)Nc1ccnc(OC[C@@H](C)CO)c1)[C@H]1CCCN2C1. The number of carbonyl (C=O) groups is 1. The summed E-state index contributed by atoms with van der Waals surface area (Å²) in [5.74, 6) is 0.671. The predicted octanol–water partition coefficient (Wildman–Crippen LogP) is 5.50. The number of hydrogen-bond acceptors (Lipinski definition) is 6. The maximum absolute atomic E-state index is 13.7. The van der Waals surface area contributed by atoms with Gasteiger partial charge in [0.2, 0.25) is 5.88 Å². The largest absolute Gasteiger partial charge is 0.477 e. The molecule has 2 bridgehead atoms. The van der Waals surface area contributed by atoms with Gasteiger partial charge in [0.05, 0.1) is 29.6 Å². The molecule has 5 rings (SSSR count). The molecule has 0 saturated carbocycles. The number of urea groups is 1. The number of fused-ring (bicyclic) bond motifs is 4. The van der Waals surface area contributed by atoms with Gasteiger partial charge in [-0.1, -0.05) is 19.1 Å². The Labute approximate surface area is 224 Å². The van der Waals surface area contributed by atoms with Gasteiger partial charge < -0.3 is 20.1 Å². The first kappa shape index (κ1) is 26.7. The molecule has 8 nitrogen and oxygen atoms in total. The van der Waals surface area contributed by atoms with Crippen molar-refractivity contribution >= 4 is 23.2 Å². The van der Waals surface area contributed by atoms with Gasteiger partial charge in [-0.05, 0) is 49.6 Å². The van der Waals surface area contributed by atoms with Gasteiger partial charge in [0.1, 0.15) is 0 Å². The van der Waals surface area contributed by atoms with Gasteiger partial charge in [0.25, 0.3) is 0 Å². The summed E-state index contributed by atoms with van der Waals surface area (Å²) in [6.07, 6.45) is -1.27. The van der Waals surface area contributed by atoms with Crippen molar-refractivity contribution in [3.8, 4) is 17.1 Å². The van der Waals surface area contributed by atoms with E-state index in [-0.39, 0.29) is 25.2 Å². The number of aliphatic hydroxyl groups excluding tert-OH is 1. The molecule has 2 N–H and O–H groups in total. The van der Waals surface area contributed by atoms with Crippen molar-refractivity contribution in [2.45, 2.75) is 38.9 Å². The van der Waals surface area contributed by atoms with Crippen molar-refractivity contribution in [3.05, 3.63) is 59.8 Å². The molecule has 4 heterocycles. The molecule has 0 aliphatic carbocycles. The number of nitrogens with one attached hydrogen (secondary N) is 1. The highest BCUT2D eigenvalue weighted by atomic mass is 19.4. The summed E-state index contributed by atoms with van der Waals surface area (Å²) >= 11 is 0. The molecule has 0 radical (unpaired) electrons. The van der Waals surface area contributed by atoms with Crippen LogP contribution >= 0.6 is 0 Å². The van der Waals surface area contributed by atoms with E-state index in [1.54, 1.807) is 23.1 Å². The Bertz CT molecular complexity index is 1370. The summed E-state index contributed by atoms with van der Waals surface area (Å²) in [5, 5.41) is 12.1. The molecule has 206 valence electrons. The van der Waals surface area contributed by atoms with Crippen LogP contribution in [0, 0.1) is 12.8 Å². The lowest BCUT2D eigenvalue weighted by molar-refractivity contribution is -0.137. The highest BCUT2D eigenvalue weighted by Gasteiger charge is 2.39. The molecule has 0 spiro atoms. The van der Waals surface area contributed by atoms with E-state index in [9.17, 15) is 23.1 Å². The van der Waals surface area contributed by atoms with Gasteiger partial charge in [0.15, 0.2) is 5.82 Å². The minimum absolute atomic E-state index is 0.0157. The molecule has 1 saturated heterocycles. The quantitative estimate of drug-likeness (QED) is 0.429. The molecule has 2 aromatic heterocycles. The van der Waals surface area contributed by atoms with Gasteiger partial charge >= 0.3 is 12.2 Å². The monoisotopic (exact) mass is 541 g/mol. The first-order valence-corrected chi connectivity index (χ1v) is 12.9. The van der Waals surface area contributed by atoms with Crippen molar-refractivity contribution in [2.24, 2.45) is 5.92 Å². The number of benzene rings is 1. The van der Waals surface area contributed by atoms with Crippen LogP contribution in [0.2, 0.25) is 0 Å². The molecule has 11 heteroatoms. The molecule has 2 amide bonds. The van der Waals surface area contributed by atoms with E-state index in [0.29, 0.717) is 35.2 Å². The summed E-state index contributed by atoms with van der Waals surface area (Å²) in [6, 6.07) is 9.71. The Kier molecular flexibility index (Phi) is 7.35. The molecular formula is C28H30F3N5O3. The number of carbonyl (C=O) groups excluding carboxylic acids is 1. The summed E-state index contributed by atoms with van der Waals surface area (Å²) in [5.41, 5.74) is 1.97. The van der Waals surface area contributed by atoms with Crippen molar-refractivity contribution in [2.75, 3.05) is 41.4 Å². The predicted molar refractivity (Wildman–Crippen MR) is 142 cm³/mol. The number of pyridine rings is 2. The lowest BCUT2D eigenvalue weighted by Gasteiger charge is -2.46. The Morgan fingerprint density at radius 2 is 2.08 bits per heavy atom. The zero-order valence-electron chi connectivity index (χ0n) is 21.7. The van der Waals surface area contributed by atoms with Crippen LogP contribution in [0.15, 0.2) is 48.7 Å². The van der Waals surface area contributed by atoms with Crippen LogP contribution in [0.25, 0.3) is 11.3 Å². The van der Waals surface area contributed by atoms with E-state index >= 15 is 0 Å².